The summed E-state index contributed by atoms with van der Waals surface area (Å²) in [5, 5.41) is 1.06. The van der Waals surface area contributed by atoms with E-state index in [2.05, 4.69) is 17.6 Å². The molecule has 0 aliphatic carbocycles. The fourth-order valence-electron chi connectivity index (χ4n) is 1.47. The van der Waals surface area contributed by atoms with Crippen LogP contribution in [0.5, 0.6) is 0 Å². The van der Waals surface area contributed by atoms with E-state index in [9.17, 15) is 0 Å². The van der Waals surface area contributed by atoms with Gasteiger partial charge in [0.05, 0.1) is 11.2 Å². The van der Waals surface area contributed by atoms with Crippen LogP contribution in [0.4, 0.5) is 5.69 Å². The van der Waals surface area contributed by atoms with E-state index in [-0.39, 0.29) is 0 Å². The summed E-state index contributed by atoms with van der Waals surface area (Å²) in [6, 6.07) is 7.88. The lowest BCUT2D eigenvalue weighted by Gasteiger charge is -2.05. The summed E-state index contributed by atoms with van der Waals surface area (Å²) in [7, 11) is 0. The number of allylic oxidation sites excluding steroid dienone is 1. The number of fused-ring (bicyclic) bond motifs is 1. The normalized spacial score (nSPS) is 10.4. The number of hydrogen-bond donors (Lipinski definition) is 1. The van der Waals surface area contributed by atoms with Crippen molar-refractivity contribution in [2.75, 3.05) is 5.73 Å². The zero-order valence-corrected chi connectivity index (χ0v) is 8.12. The molecule has 2 rings (SSSR count). The van der Waals surface area contributed by atoms with Gasteiger partial charge in [-0.15, -0.1) is 0 Å². The maximum absolute atomic E-state index is 5.89. The Kier molecular flexibility index (Phi) is 1.97. The monoisotopic (exact) mass is 184 g/mol. The summed E-state index contributed by atoms with van der Waals surface area (Å²) in [5.41, 5.74) is 9.55. The number of nitrogens with two attached hydrogens (primary N) is 1. The van der Waals surface area contributed by atoms with Crippen LogP contribution in [-0.4, -0.2) is 4.98 Å². The largest absolute Gasteiger partial charge is 0.397 e. The van der Waals surface area contributed by atoms with Crippen molar-refractivity contribution in [2.45, 2.75) is 6.92 Å². The Morgan fingerprint density at radius 1 is 1.43 bits per heavy atom. The SMILES string of the molecule is C=C(C)c1cc(N)c2ncccc2c1. The van der Waals surface area contributed by atoms with Crippen molar-refractivity contribution in [3.05, 3.63) is 42.6 Å². The van der Waals surface area contributed by atoms with Crippen LogP contribution in [0.1, 0.15) is 12.5 Å². The third kappa shape index (κ3) is 1.35. The second-order valence-electron chi connectivity index (χ2n) is 3.42. The molecule has 70 valence electrons. The zero-order valence-electron chi connectivity index (χ0n) is 8.12. The van der Waals surface area contributed by atoms with Gasteiger partial charge in [0.15, 0.2) is 0 Å². The summed E-state index contributed by atoms with van der Waals surface area (Å²) in [4.78, 5) is 4.23. The lowest BCUT2D eigenvalue weighted by atomic mass is 10.0. The molecular weight excluding hydrogens is 172 g/mol. The molecule has 2 N–H and O–H groups in total. The second kappa shape index (κ2) is 3.14. The van der Waals surface area contributed by atoms with Crippen LogP contribution in [0.25, 0.3) is 16.5 Å². The minimum atomic E-state index is 0.709. The number of benzene rings is 1. The Hall–Kier alpha value is -1.83. The van der Waals surface area contributed by atoms with E-state index >= 15 is 0 Å². The minimum absolute atomic E-state index is 0.709. The molecule has 2 aromatic rings. The van der Waals surface area contributed by atoms with Crippen LogP contribution in [-0.2, 0) is 0 Å². The van der Waals surface area contributed by atoms with Gasteiger partial charge in [-0.05, 0) is 30.7 Å². The minimum Gasteiger partial charge on any atom is -0.397 e. The summed E-state index contributed by atoms with van der Waals surface area (Å²) in [6.45, 7) is 5.87. The smallest absolute Gasteiger partial charge is 0.0931 e. The van der Waals surface area contributed by atoms with Crippen molar-refractivity contribution >= 4 is 22.2 Å². The molecule has 2 heteroatoms. The molecular formula is C12H12N2. The Morgan fingerprint density at radius 3 is 2.93 bits per heavy atom. The molecule has 0 atom stereocenters. The van der Waals surface area contributed by atoms with Gasteiger partial charge in [-0.3, -0.25) is 4.98 Å². The van der Waals surface area contributed by atoms with Gasteiger partial charge in [0, 0.05) is 11.6 Å². The van der Waals surface area contributed by atoms with E-state index in [0.717, 1.165) is 22.0 Å². The number of nitrogens with zero attached hydrogens (tertiary/aromatic N) is 1. The Morgan fingerprint density at radius 2 is 2.21 bits per heavy atom. The zero-order chi connectivity index (χ0) is 10.1. The van der Waals surface area contributed by atoms with Crippen molar-refractivity contribution in [1.29, 1.82) is 0 Å². The molecule has 0 aliphatic heterocycles. The van der Waals surface area contributed by atoms with E-state index in [1.807, 2.05) is 25.1 Å². The standard InChI is InChI=1S/C12H12N2/c1-8(2)10-6-9-4-3-5-14-12(9)11(13)7-10/h3-7H,1,13H2,2H3. The molecule has 0 fully saturated rings. The second-order valence-corrected chi connectivity index (χ2v) is 3.42. The molecule has 0 amide bonds. The van der Waals surface area contributed by atoms with E-state index < -0.39 is 0 Å². The number of hydrogen-bond acceptors (Lipinski definition) is 2. The van der Waals surface area contributed by atoms with Crippen LogP contribution < -0.4 is 5.73 Å². The van der Waals surface area contributed by atoms with Crippen molar-refractivity contribution < 1.29 is 0 Å². The van der Waals surface area contributed by atoms with Crippen molar-refractivity contribution in [1.82, 2.24) is 4.98 Å². The first-order chi connectivity index (χ1) is 6.68. The van der Waals surface area contributed by atoms with Crippen LogP contribution in [0, 0.1) is 0 Å². The van der Waals surface area contributed by atoms with Gasteiger partial charge in [0.25, 0.3) is 0 Å². The molecule has 1 heterocycles. The molecule has 2 nitrogen and oxygen atoms in total. The Balaban J connectivity index is 2.78. The fraction of sp³-hybridized carbons (Fsp3) is 0.0833. The maximum atomic E-state index is 5.89. The highest BCUT2D eigenvalue weighted by atomic mass is 14.7. The van der Waals surface area contributed by atoms with Gasteiger partial charge in [-0.1, -0.05) is 18.2 Å². The Bertz CT molecular complexity index is 501. The van der Waals surface area contributed by atoms with Gasteiger partial charge in [0.2, 0.25) is 0 Å². The predicted octanol–water partition coefficient (Wildman–Crippen LogP) is 2.85. The van der Waals surface area contributed by atoms with Gasteiger partial charge in [0.1, 0.15) is 0 Å². The highest BCUT2D eigenvalue weighted by Crippen LogP contribution is 2.24. The van der Waals surface area contributed by atoms with E-state index in [1.165, 1.54) is 0 Å². The molecule has 1 aromatic carbocycles. The lowest BCUT2D eigenvalue weighted by Crippen LogP contribution is -1.91. The highest BCUT2D eigenvalue weighted by molar-refractivity contribution is 5.92. The van der Waals surface area contributed by atoms with E-state index in [0.29, 0.717) is 5.69 Å². The van der Waals surface area contributed by atoms with Gasteiger partial charge < -0.3 is 5.73 Å². The molecule has 1 aromatic heterocycles. The molecule has 0 aliphatic rings. The number of rotatable bonds is 1. The van der Waals surface area contributed by atoms with Gasteiger partial charge in [-0.25, -0.2) is 0 Å². The molecule has 0 radical (unpaired) electrons. The summed E-state index contributed by atoms with van der Waals surface area (Å²) in [6.07, 6.45) is 1.75. The molecule has 0 unspecified atom stereocenters. The highest BCUT2D eigenvalue weighted by Gasteiger charge is 2.01. The van der Waals surface area contributed by atoms with Crippen LogP contribution in [0.15, 0.2) is 37.0 Å². The fourth-order valence-corrected chi connectivity index (χ4v) is 1.47. The number of nitrogen functional groups attached to an aromatic ring is 1. The van der Waals surface area contributed by atoms with Crippen LogP contribution in [0.3, 0.4) is 0 Å². The van der Waals surface area contributed by atoms with Crippen molar-refractivity contribution in [3.8, 4) is 0 Å². The maximum Gasteiger partial charge on any atom is 0.0931 e. The number of pyridine rings is 1. The topological polar surface area (TPSA) is 38.9 Å². The number of anilines is 1. The first-order valence-electron chi connectivity index (χ1n) is 4.48. The first kappa shape index (κ1) is 8.75. The Labute approximate surface area is 83.1 Å². The van der Waals surface area contributed by atoms with Gasteiger partial charge >= 0.3 is 0 Å². The molecule has 0 bridgehead atoms. The van der Waals surface area contributed by atoms with Crippen LogP contribution in [0.2, 0.25) is 0 Å². The summed E-state index contributed by atoms with van der Waals surface area (Å²) < 4.78 is 0. The third-order valence-electron chi connectivity index (χ3n) is 2.23. The van der Waals surface area contributed by atoms with Crippen molar-refractivity contribution in [2.24, 2.45) is 0 Å². The van der Waals surface area contributed by atoms with E-state index in [4.69, 9.17) is 5.73 Å². The average Bonchev–Trinajstić information content (AvgIpc) is 2.17. The first-order valence-corrected chi connectivity index (χ1v) is 4.48. The summed E-state index contributed by atoms with van der Waals surface area (Å²) >= 11 is 0. The van der Waals surface area contributed by atoms with E-state index in [1.54, 1.807) is 6.20 Å². The predicted molar refractivity (Wildman–Crippen MR) is 60.9 cm³/mol. The van der Waals surface area contributed by atoms with Crippen molar-refractivity contribution in [3.63, 3.8) is 0 Å². The lowest BCUT2D eigenvalue weighted by molar-refractivity contribution is 1.41. The third-order valence-corrected chi connectivity index (χ3v) is 2.23. The molecule has 14 heavy (non-hydrogen) atoms. The number of aromatic nitrogens is 1. The molecule has 0 saturated carbocycles. The average molecular weight is 184 g/mol. The quantitative estimate of drug-likeness (QED) is 0.692. The van der Waals surface area contributed by atoms with Gasteiger partial charge in [-0.2, -0.15) is 0 Å². The molecule has 0 saturated heterocycles. The molecule has 0 spiro atoms. The summed E-state index contributed by atoms with van der Waals surface area (Å²) in [5.74, 6) is 0. The van der Waals surface area contributed by atoms with Crippen LogP contribution >= 0.6 is 0 Å².